The van der Waals surface area contributed by atoms with E-state index in [0.717, 1.165) is 25.9 Å². The predicted octanol–water partition coefficient (Wildman–Crippen LogP) is 1.73. The van der Waals surface area contributed by atoms with Crippen LogP contribution in [0.5, 0.6) is 0 Å². The molecule has 0 radical (unpaired) electrons. The van der Waals surface area contributed by atoms with Crippen LogP contribution in [0.15, 0.2) is 17.1 Å². The van der Waals surface area contributed by atoms with Crippen molar-refractivity contribution < 1.29 is 0 Å². The summed E-state index contributed by atoms with van der Waals surface area (Å²) in [5.74, 6) is 1.19. The van der Waals surface area contributed by atoms with E-state index in [1.54, 1.807) is 0 Å². The fourth-order valence-electron chi connectivity index (χ4n) is 1.11. The molecule has 0 amide bonds. The minimum atomic E-state index is 0.937. The average Bonchev–Trinajstić information content (AvgIpc) is 2.50. The first kappa shape index (κ1) is 8.31. The van der Waals surface area contributed by atoms with Gasteiger partial charge in [-0.1, -0.05) is 19.1 Å². The van der Waals surface area contributed by atoms with E-state index in [0.29, 0.717) is 0 Å². The normalized spacial score (nSPS) is 17.4. The molecule has 1 aliphatic heterocycles. The van der Waals surface area contributed by atoms with Crippen molar-refractivity contribution in [3.8, 4) is 0 Å². The molecule has 62 valence electrons. The van der Waals surface area contributed by atoms with Crippen molar-refractivity contribution in [1.82, 2.24) is 5.32 Å². The van der Waals surface area contributed by atoms with Gasteiger partial charge in [0.1, 0.15) is 0 Å². The number of hydrogen-bond donors (Lipinski definition) is 1. The third-order valence-electron chi connectivity index (χ3n) is 1.70. The molecule has 0 bridgehead atoms. The van der Waals surface area contributed by atoms with E-state index in [1.165, 1.54) is 12.3 Å². The summed E-state index contributed by atoms with van der Waals surface area (Å²) in [5.41, 5.74) is 0. The number of allylic oxidation sites excluding steroid dienone is 1. The van der Waals surface area contributed by atoms with Gasteiger partial charge < -0.3 is 5.32 Å². The maximum absolute atomic E-state index is 4.30. The number of nitrogens with zero attached hydrogens (tertiary/aromatic N) is 1. The molecular formula is C9H16N2. The van der Waals surface area contributed by atoms with Gasteiger partial charge in [0, 0.05) is 19.5 Å². The molecular weight excluding hydrogens is 136 g/mol. The Bertz CT molecular complexity index is 159. The van der Waals surface area contributed by atoms with Gasteiger partial charge in [0.2, 0.25) is 0 Å². The molecule has 0 unspecified atom stereocenters. The monoisotopic (exact) mass is 152 g/mol. The van der Waals surface area contributed by atoms with Gasteiger partial charge in [-0.05, 0) is 12.8 Å². The molecule has 0 saturated carbocycles. The highest BCUT2D eigenvalue weighted by Gasteiger charge is 2.02. The predicted molar refractivity (Wildman–Crippen MR) is 49.0 cm³/mol. The molecule has 0 aromatic rings. The summed E-state index contributed by atoms with van der Waals surface area (Å²) in [5, 5.41) is 3.28. The minimum Gasteiger partial charge on any atom is -0.370 e. The first-order valence-electron chi connectivity index (χ1n) is 4.35. The topological polar surface area (TPSA) is 24.4 Å². The van der Waals surface area contributed by atoms with E-state index in [1.807, 2.05) is 0 Å². The Morgan fingerprint density at radius 1 is 1.55 bits per heavy atom. The molecule has 1 heterocycles. The summed E-state index contributed by atoms with van der Waals surface area (Å²) in [6.07, 6.45) is 7.80. The number of hydrogen-bond acceptors (Lipinski definition) is 2. The second-order valence-corrected chi connectivity index (χ2v) is 2.69. The fourth-order valence-corrected chi connectivity index (χ4v) is 1.11. The summed E-state index contributed by atoms with van der Waals surface area (Å²) in [4.78, 5) is 4.30. The van der Waals surface area contributed by atoms with Crippen molar-refractivity contribution in [2.24, 2.45) is 4.99 Å². The maximum Gasteiger partial charge on any atom is 0.0966 e. The van der Waals surface area contributed by atoms with Crippen molar-refractivity contribution in [1.29, 1.82) is 0 Å². The van der Waals surface area contributed by atoms with Crippen LogP contribution in [0.4, 0.5) is 0 Å². The van der Waals surface area contributed by atoms with Crippen molar-refractivity contribution in [2.45, 2.75) is 26.2 Å². The first-order valence-corrected chi connectivity index (χ1v) is 4.35. The van der Waals surface area contributed by atoms with Gasteiger partial charge in [-0.2, -0.15) is 0 Å². The van der Waals surface area contributed by atoms with Crippen molar-refractivity contribution in [3.05, 3.63) is 12.2 Å². The van der Waals surface area contributed by atoms with Gasteiger partial charge in [0.25, 0.3) is 0 Å². The highest BCUT2D eigenvalue weighted by atomic mass is 15.0. The van der Waals surface area contributed by atoms with E-state index in [2.05, 4.69) is 29.4 Å². The van der Waals surface area contributed by atoms with Crippen LogP contribution in [0.3, 0.4) is 0 Å². The molecule has 1 aliphatic rings. The van der Waals surface area contributed by atoms with Gasteiger partial charge in [0.05, 0.1) is 5.84 Å². The van der Waals surface area contributed by atoms with E-state index < -0.39 is 0 Å². The Morgan fingerprint density at radius 2 is 2.45 bits per heavy atom. The molecule has 1 N–H and O–H groups in total. The third kappa shape index (κ3) is 3.21. The zero-order chi connectivity index (χ0) is 7.94. The van der Waals surface area contributed by atoms with Crippen LogP contribution in [0.2, 0.25) is 0 Å². The second-order valence-electron chi connectivity index (χ2n) is 2.69. The van der Waals surface area contributed by atoms with Crippen LogP contribution in [0.25, 0.3) is 0 Å². The molecule has 2 nitrogen and oxygen atoms in total. The number of nitrogens with one attached hydrogen (secondary N) is 1. The average molecular weight is 152 g/mol. The van der Waals surface area contributed by atoms with Crippen molar-refractivity contribution in [3.63, 3.8) is 0 Å². The summed E-state index contributed by atoms with van der Waals surface area (Å²) >= 11 is 0. The first-order chi connectivity index (χ1) is 5.43. The SMILES string of the molecule is CC/C=C/CNC1=NCCC1. The zero-order valence-electron chi connectivity index (χ0n) is 7.14. The van der Waals surface area contributed by atoms with Crippen LogP contribution in [-0.2, 0) is 0 Å². The van der Waals surface area contributed by atoms with Crippen LogP contribution in [0.1, 0.15) is 26.2 Å². The maximum atomic E-state index is 4.30. The van der Waals surface area contributed by atoms with Crippen LogP contribution in [0, 0.1) is 0 Å². The molecule has 0 spiro atoms. The van der Waals surface area contributed by atoms with Crippen molar-refractivity contribution in [2.75, 3.05) is 13.1 Å². The van der Waals surface area contributed by atoms with Crippen LogP contribution in [-0.4, -0.2) is 18.9 Å². The highest BCUT2D eigenvalue weighted by molar-refractivity contribution is 5.83. The lowest BCUT2D eigenvalue weighted by atomic mass is 10.3. The van der Waals surface area contributed by atoms with Gasteiger partial charge in [-0.25, -0.2) is 0 Å². The lowest BCUT2D eigenvalue weighted by molar-refractivity contribution is 0.938. The molecule has 0 fully saturated rings. The molecule has 0 aromatic carbocycles. The van der Waals surface area contributed by atoms with Crippen LogP contribution < -0.4 is 5.32 Å². The van der Waals surface area contributed by atoms with Crippen molar-refractivity contribution >= 4 is 5.84 Å². The van der Waals surface area contributed by atoms with Gasteiger partial charge >= 0.3 is 0 Å². The van der Waals surface area contributed by atoms with E-state index >= 15 is 0 Å². The molecule has 0 aliphatic carbocycles. The Hall–Kier alpha value is -0.790. The molecule has 0 saturated heterocycles. The van der Waals surface area contributed by atoms with E-state index in [4.69, 9.17) is 0 Å². The quantitative estimate of drug-likeness (QED) is 0.612. The Labute approximate surface area is 68.4 Å². The van der Waals surface area contributed by atoms with Gasteiger partial charge in [-0.3, -0.25) is 4.99 Å². The van der Waals surface area contributed by atoms with E-state index in [9.17, 15) is 0 Å². The Balaban J connectivity index is 2.07. The smallest absolute Gasteiger partial charge is 0.0966 e. The third-order valence-corrected chi connectivity index (χ3v) is 1.70. The standard InChI is InChI=1S/C9H16N2/c1-2-3-4-7-10-9-6-5-8-11-9/h3-4H,2,5-8H2,1H3,(H,10,11)/b4-3+. The number of rotatable bonds is 3. The lowest BCUT2D eigenvalue weighted by Gasteiger charge is -1.99. The molecule has 2 heteroatoms. The Morgan fingerprint density at radius 3 is 3.09 bits per heavy atom. The number of aliphatic imine (C=N–C) groups is 1. The van der Waals surface area contributed by atoms with Gasteiger partial charge in [-0.15, -0.1) is 0 Å². The molecule has 11 heavy (non-hydrogen) atoms. The Kier molecular flexibility index (Phi) is 3.73. The number of amidine groups is 1. The summed E-state index contributed by atoms with van der Waals surface area (Å²) in [6.45, 7) is 4.09. The molecule has 0 atom stereocenters. The minimum absolute atomic E-state index is 0.937. The highest BCUT2D eigenvalue weighted by Crippen LogP contribution is 2.00. The fraction of sp³-hybridized carbons (Fsp3) is 0.667. The largest absolute Gasteiger partial charge is 0.370 e. The summed E-state index contributed by atoms with van der Waals surface area (Å²) in [6, 6.07) is 0. The second kappa shape index (κ2) is 4.94. The lowest BCUT2D eigenvalue weighted by Crippen LogP contribution is -2.20. The van der Waals surface area contributed by atoms with Gasteiger partial charge in [0.15, 0.2) is 0 Å². The van der Waals surface area contributed by atoms with Crippen LogP contribution >= 0.6 is 0 Å². The summed E-state index contributed by atoms with van der Waals surface area (Å²) < 4.78 is 0. The van der Waals surface area contributed by atoms with E-state index in [-0.39, 0.29) is 0 Å². The molecule has 0 aromatic heterocycles. The summed E-state index contributed by atoms with van der Waals surface area (Å²) in [7, 11) is 0. The molecule has 1 rings (SSSR count). The zero-order valence-corrected chi connectivity index (χ0v) is 7.14.